The molecular weight excluding hydrogens is 402 g/mol. The molecule has 1 atom stereocenters. The highest BCUT2D eigenvalue weighted by Gasteiger charge is 2.30. The molecule has 4 aromatic rings. The molecule has 7 nitrogen and oxygen atoms in total. The summed E-state index contributed by atoms with van der Waals surface area (Å²) in [5.41, 5.74) is 1.70. The zero-order valence-electron chi connectivity index (χ0n) is 16.4. The van der Waals surface area contributed by atoms with Crippen molar-refractivity contribution in [3.05, 3.63) is 83.9 Å². The first-order chi connectivity index (χ1) is 15.1. The Balaban J connectivity index is 1.47. The van der Waals surface area contributed by atoms with Gasteiger partial charge in [-0.1, -0.05) is 12.1 Å². The predicted molar refractivity (Wildman–Crippen MR) is 111 cm³/mol. The second-order valence-electron chi connectivity index (χ2n) is 7.30. The zero-order valence-corrected chi connectivity index (χ0v) is 16.4. The van der Waals surface area contributed by atoms with Gasteiger partial charge in [-0.15, -0.1) is 0 Å². The third-order valence-corrected chi connectivity index (χ3v) is 5.43. The van der Waals surface area contributed by atoms with Crippen LogP contribution < -0.4 is 10.2 Å². The van der Waals surface area contributed by atoms with E-state index in [-0.39, 0.29) is 11.9 Å². The van der Waals surface area contributed by atoms with Crippen LogP contribution in [0.4, 0.5) is 20.3 Å². The normalized spacial score (nSPS) is 16.1. The number of fused-ring (bicyclic) bond motifs is 1. The number of halogens is 2. The summed E-state index contributed by atoms with van der Waals surface area (Å²) in [5, 5.41) is 7.05. The molecule has 0 saturated carbocycles. The SMILES string of the molecule is O=C(Nc1cnn2ccc(N3CCCC3c3cccc(F)c3F)nc12)c1ccncc1. The van der Waals surface area contributed by atoms with Crippen molar-refractivity contribution in [1.29, 1.82) is 0 Å². The maximum absolute atomic E-state index is 14.4. The second-order valence-corrected chi connectivity index (χ2v) is 7.30. The standard InChI is InChI=1S/C22H18F2N6O/c23-16-4-1-3-15(20(16)24)18-5-2-11-29(18)19-8-12-30-21(28-19)17(13-26-30)27-22(31)14-6-9-25-10-7-14/h1,3-4,6-10,12-13,18H,2,5,11H2,(H,27,31). The summed E-state index contributed by atoms with van der Waals surface area (Å²) in [4.78, 5) is 23.1. The quantitative estimate of drug-likeness (QED) is 0.540. The molecule has 5 rings (SSSR count). The number of carbonyl (C=O) groups is 1. The Bertz CT molecular complexity index is 1260. The van der Waals surface area contributed by atoms with Gasteiger partial charge < -0.3 is 10.2 Å². The maximum atomic E-state index is 14.4. The fraction of sp³-hybridized carbons (Fsp3) is 0.182. The van der Waals surface area contributed by atoms with Gasteiger partial charge in [0.25, 0.3) is 5.91 Å². The average Bonchev–Trinajstić information content (AvgIpc) is 3.43. The van der Waals surface area contributed by atoms with Gasteiger partial charge in [0.15, 0.2) is 17.3 Å². The van der Waals surface area contributed by atoms with E-state index in [0.29, 0.717) is 41.2 Å². The van der Waals surface area contributed by atoms with Crippen LogP contribution in [-0.4, -0.2) is 32.0 Å². The molecule has 1 N–H and O–H groups in total. The van der Waals surface area contributed by atoms with E-state index in [1.54, 1.807) is 47.4 Å². The Morgan fingerprint density at radius 3 is 2.81 bits per heavy atom. The van der Waals surface area contributed by atoms with Crippen LogP contribution in [0.25, 0.3) is 5.65 Å². The number of aromatic nitrogens is 4. The molecule has 0 spiro atoms. The molecule has 0 bridgehead atoms. The number of carbonyl (C=O) groups excluding carboxylic acids is 1. The number of rotatable bonds is 4. The molecule has 1 unspecified atom stereocenters. The summed E-state index contributed by atoms with van der Waals surface area (Å²) in [6.07, 6.45) is 7.87. The lowest BCUT2D eigenvalue weighted by Crippen LogP contribution is -2.24. The van der Waals surface area contributed by atoms with Crippen LogP contribution in [0.5, 0.6) is 0 Å². The van der Waals surface area contributed by atoms with Gasteiger partial charge in [0.05, 0.1) is 12.2 Å². The highest BCUT2D eigenvalue weighted by molar-refractivity contribution is 6.05. The summed E-state index contributed by atoms with van der Waals surface area (Å²) in [6.45, 7) is 0.663. The molecule has 156 valence electrons. The molecule has 1 fully saturated rings. The lowest BCUT2D eigenvalue weighted by molar-refractivity contribution is 0.102. The summed E-state index contributed by atoms with van der Waals surface area (Å²) >= 11 is 0. The minimum atomic E-state index is -0.857. The van der Waals surface area contributed by atoms with Crippen molar-refractivity contribution < 1.29 is 13.6 Å². The van der Waals surface area contributed by atoms with Gasteiger partial charge >= 0.3 is 0 Å². The molecule has 9 heteroatoms. The first-order valence-electron chi connectivity index (χ1n) is 9.88. The number of amides is 1. The summed E-state index contributed by atoms with van der Waals surface area (Å²) in [6, 6.07) is 8.94. The maximum Gasteiger partial charge on any atom is 0.255 e. The van der Waals surface area contributed by atoms with Gasteiger partial charge in [-0.05, 0) is 37.1 Å². The number of benzene rings is 1. The highest BCUT2D eigenvalue weighted by Crippen LogP contribution is 2.37. The Morgan fingerprint density at radius 2 is 1.97 bits per heavy atom. The lowest BCUT2D eigenvalue weighted by Gasteiger charge is -2.26. The smallest absolute Gasteiger partial charge is 0.255 e. The van der Waals surface area contributed by atoms with Crippen molar-refractivity contribution in [2.75, 3.05) is 16.8 Å². The minimum Gasteiger partial charge on any atom is -0.349 e. The van der Waals surface area contributed by atoms with E-state index in [9.17, 15) is 13.6 Å². The van der Waals surface area contributed by atoms with Crippen molar-refractivity contribution in [1.82, 2.24) is 19.6 Å². The van der Waals surface area contributed by atoms with E-state index < -0.39 is 11.6 Å². The van der Waals surface area contributed by atoms with E-state index in [4.69, 9.17) is 0 Å². The number of pyridine rings is 1. The van der Waals surface area contributed by atoms with E-state index in [0.717, 1.165) is 12.5 Å². The average molecular weight is 420 g/mol. The molecule has 1 aliphatic rings. The Hall–Kier alpha value is -3.88. The molecule has 1 aliphatic heterocycles. The Labute approximate surface area is 176 Å². The highest BCUT2D eigenvalue weighted by atomic mass is 19.2. The molecule has 3 aromatic heterocycles. The molecule has 0 aliphatic carbocycles. The second kappa shape index (κ2) is 7.75. The van der Waals surface area contributed by atoms with Crippen LogP contribution in [0, 0.1) is 11.6 Å². The van der Waals surface area contributed by atoms with E-state index in [2.05, 4.69) is 20.4 Å². The summed E-state index contributed by atoms with van der Waals surface area (Å²) in [7, 11) is 0. The van der Waals surface area contributed by atoms with Gasteiger partial charge in [-0.2, -0.15) is 5.10 Å². The Kier molecular flexibility index (Phi) is 4.78. The van der Waals surface area contributed by atoms with Crippen LogP contribution in [0.3, 0.4) is 0 Å². The topological polar surface area (TPSA) is 75.4 Å². The number of hydrogen-bond acceptors (Lipinski definition) is 5. The van der Waals surface area contributed by atoms with Crippen LogP contribution >= 0.6 is 0 Å². The number of anilines is 2. The van der Waals surface area contributed by atoms with E-state index >= 15 is 0 Å². The van der Waals surface area contributed by atoms with Crippen LogP contribution in [-0.2, 0) is 0 Å². The van der Waals surface area contributed by atoms with Gasteiger partial charge in [0, 0.05) is 36.3 Å². The van der Waals surface area contributed by atoms with Gasteiger partial charge in [0.2, 0.25) is 0 Å². The monoisotopic (exact) mass is 420 g/mol. The minimum absolute atomic E-state index is 0.301. The van der Waals surface area contributed by atoms with Crippen molar-refractivity contribution in [2.45, 2.75) is 18.9 Å². The van der Waals surface area contributed by atoms with Gasteiger partial charge in [-0.3, -0.25) is 9.78 Å². The van der Waals surface area contributed by atoms with E-state index in [1.807, 2.05) is 4.90 Å². The van der Waals surface area contributed by atoms with Gasteiger partial charge in [-0.25, -0.2) is 18.3 Å². The number of nitrogens with one attached hydrogen (secondary N) is 1. The molecular formula is C22H18F2N6O. The first-order valence-corrected chi connectivity index (χ1v) is 9.88. The summed E-state index contributed by atoms with van der Waals surface area (Å²) < 4.78 is 29.8. The third kappa shape index (κ3) is 3.48. The summed E-state index contributed by atoms with van der Waals surface area (Å²) in [5.74, 6) is -1.37. The Morgan fingerprint density at radius 1 is 1.13 bits per heavy atom. The molecule has 1 aromatic carbocycles. The first kappa shape index (κ1) is 19.1. The molecule has 1 saturated heterocycles. The van der Waals surface area contributed by atoms with E-state index in [1.165, 1.54) is 12.3 Å². The molecule has 1 amide bonds. The largest absolute Gasteiger partial charge is 0.349 e. The third-order valence-electron chi connectivity index (χ3n) is 5.43. The number of nitrogens with zero attached hydrogens (tertiary/aromatic N) is 5. The van der Waals surface area contributed by atoms with Crippen LogP contribution in [0.1, 0.15) is 34.8 Å². The predicted octanol–water partition coefficient (Wildman–Crippen LogP) is 4.00. The molecule has 31 heavy (non-hydrogen) atoms. The van der Waals surface area contributed by atoms with Crippen molar-refractivity contribution in [2.24, 2.45) is 0 Å². The van der Waals surface area contributed by atoms with Crippen LogP contribution in [0.2, 0.25) is 0 Å². The van der Waals surface area contributed by atoms with Crippen molar-refractivity contribution >= 4 is 23.1 Å². The number of hydrogen-bond donors (Lipinski definition) is 1. The van der Waals surface area contributed by atoms with Crippen molar-refractivity contribution in [3.63, 3.8) is 0 Å². The lowest BCUT2D eigenvalue weighted by atomic mass is 10.0. The fourth-order valence-corrected chi connectivity index (χ4v) is 3.95. The van der Waals surface area contributed by atoms with Crippen LogP contribution in [0.15, 0.2) is 61.2 Å². The fourth-order valence-electron chi connectivity index (χ4n) is 3.95. The van der Waals surface area contributed by atoms with Crippen molar-refractivity contribution in [3.8, 4) is 0 Å². The zero-order chi connectivity index (χ0) is 21.4. The molecule has 4 heterocycles. The van der Waals surface area contributed by atoms with Gasteiger partial charge in [0.1, 0.15) is 11.5 Å². The molecule has 0 radical (unpaired) electrons.